The molecule has 1 atom stereocenters. The highest BCUT2D eigenvalue weighted by Crippen LogP contribution is 2.32. The maximum atomic E-state index is 12.7. The Kier molecular flexibility index (Phi) is 4.40. The molecule has 1 N–H and O–H groups in total. The first kappa shape index (κ1) is 15.6. The molecule has 0 saturated carbocycles. The number of aromatic nitrogens is 1. The topological polar surface area (TPSA) is 48.7 Å². The van der Waals surface area contributed by atoms with Gasteiger partial charge >= 0.3 is 6.18 Å². The zero-order valence-corrected chi connectivity index (χ0v) is 12.3. The van der Waals surface area contributed by atoms with Crippen LogP contribution in [-0.4, -0.2) is 4.98 Å². The first-order valence-corrected chi connectivity index (χ1v) is 7.01. The van der Waals surface area contributed by atoms with E-state index in [1.165, 1.54) is 11.3 Å². The largest absolute Gasteiger partial charge is 0.433 e. The maximum Gasteiger partial charge on any atom is 0.433 e. The van der Waals surface area contributed by atoms with Crippen molar-refractivity contribution in [2.24, 2.45) is 0 Å². The lowest BCUT2D eigenvalue weighted by molar-refractivity contribution is -0.141. The van der Waals surface area contributed by atoms with Gasteiger partial charge in [-0.2, -0.15) is 18.4 Å². The van der Waals surface area contributed by atoms with Crippen LogP contribution in [0, 0.1) is 11.3 Å². The summed E-state index contributed by atoms with van der Waals surface area (Å²) in [4.78, 5) is 4.34. The summed E-state index contributed by atoms with van der Waals surface area (Å²) in [6.07, 6.45) is -4.56. The first-order valence-electron chi connectivity index (χ1n) is 5.81. The number of nitrogens with one attached hydrogen (secondary N) is 1. The van der Waals surface area contributed by atoms with Crippen LogP contribution >= 0.6 is 22.9 Å². The molecule has 0 aliphatic heterocycles. The van der Waals surface area contributed by atoms with Crippen molar-refractivity contribution in [1.82, 2.24) is 4.98 Å². The molecular formula is C13H9ClF3N3S. The zero-order valence-electron chi connectivity index (χ0n) is 10.7. The molecule has 2 rings (SSSR count). The minimum Gasteiger partial charge on any atom is -0.362 e. The average Bonchev–Trinajstić information content (AvgIpc) is 2.84. The molecule has 0 aliphatic carbocycles. The summed E-state index contributed by atoms with van der Waals surface area (Å²) in [5, 5.41) is 11.8. The minimum atomic E-state index is -4.56. The monoisotopic (exact) mass is 331 g/mol. The van der Waals surface area contributed by atoms with E-state index < -0.39 is 11.9 Å². The van der Waals surface area contributed by atoms with Gasteiger partial charge in [-0.3, -0.25) is 0 Å². The Bertz CT molecular complexity index is 691. The molecule has 110 valence electrons. The zero-order chi connectivity index (χ0) is 15.6. The molecular weight excluding hydrogens is 323 g/mol. The van der Waals surface area contributed by atoms with Crippen molar-refractivity contribution >= 4 is 28.8 Å². The van der Waals surface area contributed by atoms with Crippen LogP contribution in [0.25, 0.3) is 0 Å². The van der Waals surface area contributed by atoms with Crippen molar-refractivity contribution in [1.29, 1.82) is 5.26 Å². The van der Waals surface area contributed by atoms with E-state index in [4.69, 9.17) is 16.9 Å². The standard InChI is InChI=1S/C13H9ClF3N3S/c1-7(9-3-5-11(14)21-9)19-12-8(6-18)2-4-10(20-12)13(15,16)17/h2-5,7H,1H3,(H,19,20). The van der Waals surface area contributed by atoms with Gasteiger partial charge in [0.05, 0.1) is 15.9 Å². The van der Waals surface area contributed by atoms with Crippen LogP contribution in [0.15, 0.2) is 24.3 Å². The average molecular weight is 332 g/mol. The van der Waals surface area contributed by atoms with E-state index in [1.807, 2.05) is 6.07 Å². The molecule has 2 aromatic rings. The lowest BCUT2D eigenvalue weighted by Crippen LogP contribution is -2.13. The van der Waals surface area contributed by atoms with Crippen molar-refractivity contribution in [2.45, 2.75) is 19.1 Å². The molecule has 2 heterocycles. The second-order valence-electron chi connectivity index (χ2n) is 4.21. The molecule has 8 heteroatoms. The summed E-state index contributed by atoms with van der Waals surface area (Å²) >= 11 is 7.13. The van der Waals surface area contributed by atoms with Crippen molar-refractivity contribution in [2.75, 3.05) is 5.32 Å². The van der Waals surface area contributed by atoms with Crippen molar-refractivity contribution < 1.29 is 13.2 Å². The van der Waals surface area contributed by atoms with Gasteiger partial charge in [-0.25, -0.2) is 4.98 Å². The van der Waals surface area contributed by atoms with E-state index in [2.05, 4.69) is 10.3 Å². The van der Waals surface area contributed by atoms with E-state index in [0.29, 0.717) is 4.34 Å². The number of anilines is 1. The van der Waals surface area contributed by atoms with Crippen molar-refractivity contribution in [3.05, 3.63) is 44.7 Å². The first-order chi connectivity index (χ1) is 9.81. The summed E-state index contributed by atoms with van der Waals surface area (Å²) in [6, 6.07) is 6.87. The third kappa shape index (κ3) is 3.65. The van der Waals surface area contributed by atoms with Gasteiger partial charge in [-0.05, 0) is 31.2 Å². The van der Waals surface area contributed by atoms with Gasteiger partial charge in [-0.15, -0.1) is 11.3 Å². The Balaban J connectivity index is 2.32. The molecule has 0 radical (unpaired) electrons. The van der Waals surface area contributed by atoms with E-state index in [0.717, 1.165) is 17.0 Å². The predicted molar refractivity (Wildman–Crippen MR) is 75.3 cm³/mol. The third-order valence-electron chi connectivity index (χ3n) is 2.68. The number of hydrogen-bond donors (Lipinski definition) is 1. The van der Waals surface area contributed by atoms with Crippen molar-refractivity contribution in [3.63, 3.8) is 0 Å². The molecule has 0 spiro atoms. The molecule has 21 heavy (non-hydrogen) atoms. The van der Waals surface area contributed by atoms with E-state index in [1.54, 1.807) is 19.1 Å². The lowest BCUT2D eigenvalue weighted by atomic mass is 10.2. The lowest BCUT2D eigenvalue weighted by Gasteiger charge is -2.15. The fourth-order valence-corrected chi connectivity index (χ4v) is 2.72. The molecule has 0 saturated heterocycles. The molecule has 0 bridgehead atoms. The second-order valence-corrected chi connectivity index (χ2v) is 5.96. The molecule has 2 aromatic heterocycles. The molecule has 0 aliphatic rings. The van der Waals surface area contributed by atoms with Gasteiger partial charge in [0.2, 0.25) is 0 Å². The summed E-state index contributed by atoms with van der Waals surface area (Å²) in [6.45, 7) is 1.76. The van der Waals surface area contributed by atoms with Crippen LogP contribution in [-0.2, 0) is 6.18 Å². The quantitative estimate of drug-likeness (QED) is 0.873. The fraction of sp³-hybridized carbons (Fsp3) is 0.231. The van der Waals surface area contributed by atoms with Gasteiger partial charge in [-0.1, -0.05) is 11.6 Å². The number of rotatable bonds is 3. The Hall–Kier alpha value is -1.78. The summed E-state index contributed by atoms with van der Waals surface area (Å²) in [5.74, 6) is -0.0932. The van der Waals surface area contributed by atoms with Gasteiger partial charge in [0.1, 0.15) is 17.6 Å². The highest BCUT2D eigenvalue weighted by Gasteiger charge is 2.33. The second kappa shape index (κ2) is 5.92. The normalized spacial score (nSPS) is 12.8. The number of alkyl halides is 3. The van der Waals surface area contributed by atoms with Crippen LogP contribution < -0.4 is 5.32 Å². The van der Waals surface area contributed by atoms with Gasteiger partial charge < -0.3 is 5.32 Å². The Labute approximate surface area is 128 Å². The maximum absolute atomic E-state index is 12.7. The molecule has 0 aromatic carbocycles. The van der Waals surface area contributed by atoms with Crippen LogP contribution in [0.1, 0.15) is 29.1 Å². The smallest absolute Gasteiger partial charge is 0.362 e. The third-order valence-corrected chi connectivity index (χ3v) is 4.09. The summed E-state index contributed by atoms with van der Waals surface area (Å²) in [7, 11) is 0. The van der Waals surface area contributed by atoms with Gasteiger partial charge in [0.25, 0.3) is 0 Å². The molecule has 3 nitrogen and oxygen atoms in total. The predicted octanol–water partition coefficient (Wildman–Crippen LogP) is 4.86. The summed E-state index contributed by atoms with van der Waals surface area (Å²) in [5.41, 5.74) is -0.988. The van der Waals surface area contributed by atoms with Crippen LogP contribution in [0.3, 0.4) is 0 Å². The number of nitrogens with zero attached hydrogens (tertiary/aromatic N) is 2. The van der Waals surface area contributed by atoms with Crippen LogP contribution in [0.4, 0.5) is 19.0 Å². The Morgan fingerprint density at radius 2 is 2.05 bits per heavy atom. The number of hydrogen-bond acceptors (Lipinski definition) is 4. The Morgan fingerprint density at radius 1 is 1.33 bits per heavy atom. The highest BCUT2D eigenvalue weighted by atomic mass is 35.5. The number of pyridine rings is 1. The number of halogens is 4. The van der Waals surface area contributed by atoms with E-state index in [-0.39, 0.29) is 17.4 Å². The summed E-state index contributed by atoms with van der Waals surface area (Å²) < 4.78 is 38.6. The molecule has 0 amide bonds. The number of nitriles is 1. The van der Waals surface area contributed by atoms with E-state index in [9.17, 15) is 13.2 Å². The highest BCUT2D eigenvalue weighted by molar-refractivity contribution is 7.16. The minimum absolute atomic E-state index is 0.0532. The SMILES string of the molecule is CC(Nc1nc(C(F)(F)F)ccc1C#N)c1ccc(Cl)s1. The fourth-order valence-electron chi connectivity index (χ4n) is 1.65. The number of thiophene rings is 1. The van der Waals surface area contributed by atoms with Gasteiger partial charge in [0.15, 0.2) is 0 Å². The Morgan fingerprint density at radius 3 is 2.57 bits per heavy atom. The van der Waals surface area contributed by atoms with Gasteiger partial charge in [0, 0.05) is 4.88 Å². The van der Waals surface area contributed by atoms with E-state index >= 15 is 0 Å². The van der Waals surface area contributed by atoms with Crippen LogP contribution in [0.2, 0.25) is 4.34 Å². The van der Waals surface area contributed by atoms with Crippen LogP contribution in [0.5, 0.6) is 0 Å². The molecule has 0 fully saturated rings. The van der Waals surface area contributed by atoms with Crippen molar-refractivity contribution in [3.8, 4) is 6.07 Å². The molecule has 1 unspecified atom stereocenters.